The SMILES string of the molecule is C=C.CCOCCCN1CCOCC1. The molecule has 0 amide bonds. The maximum absolute atomic E-state index is 5.27. The normalized spacial score (nSPS) is 17.2. The van der Waals surface area contributed by atoms with Gasteiger partial charge in [0, 0.05) is 32.8 Å². The summed E-state index contributed by atoms with van der Waals surface area (Å²) in [5, 5.41) is 0. The zero-order valence-corrected chi connectivity index (χ0v) is 9.33. The summed E-state index contributed by atoms with van der Waals surface area (Å²) in [7, 11) is 0. The molecular formula is C11H23NO2. The van der Waals surface area contributed by atoms with E-state index in [1.165, 1.54) is 0 Å². The van der Waals surface area contributed by atoms with Crippen LogP contribution in [-0.4, -0.2) is 51.0 Å². The zero-order chi connectivity index (χ0) is 10.6. The summed E-state index contributed by atoms with van der Waals surface area (Å²) in [5.41, 5.74) is 0. The number of hydrogen-bond donors (Lipinski definition) is 0. The molecule has 0 aliphatic carbocycles. The first-order valence-electron chi connectivity index (χ1n) is 5.31. The van der Waals surface area contributed by atoms with Crippen LogP contribution >= 0.6 is 0 Å². The Balaban J connectivity index is 0.000000791. The fourth-order valence-corrected chi connectivity index (χ4v) is 1.36. The molecule has 1 saturated heterocycles. The molecule has 14 heavy (non-hydrogen) atoms. The quantitative estimate of drug-likeness (QED) is 0.497. The highest BCUT2D eigenvalue weighted by molar-refractivity contribution is 4.60. The van der Waals surface area contributed by atoms with Gasteiger partial charge in [0.05, 0.1) is 13.2 Å². The standard InChI is InChI=1S/C9H19NO2.C2H4/c1-2-11-7-3-4-10-5-8-12-9-6-10;1-2/h2-9H2,1H3;1-2H2. The molecular weight excluding hydrogens is 178 g/mol. The second-order valence-electron chi connectivity index (χ2n) is 3.00. The van der Waals surface area contributed by atoms with E-state index < -0.39 is 0 Å². The zero-order valence-electron chi connectivity index (χ0n) is 9.33. The van der Waals surface area contributed by atoms with Gasteiger partial charge in [0.2, 0.25) is 0 Å². The van der Waals surface area contributed by atoms with Crippen LogP contribution < -0.4 is 0 Å². The Labute approximate surface area is 87.7 Å². The van der Waals surface area contributed by atoms with Crippen molar-refractivity contribution in [3.05, 3.63) is 13.2 Å². The molecule has 0 radical (unpaired) electrons. The van der Waals surface area contributed by atoms with Gasteiger partial charge >= 0.3 is 0 Å². The number of morpholine rings is 1. The van der Waals surface area contributed by atoms with Gasteiger partial charge in [-0.05, 0) is 13.3 Å². The highest BCUT2D eigenvalue weighted by atomic mass is 16.5. The molecule has 0 unspecified atom stereocenters. The summed E-state index contributed by atoms with van der Waals surface area (Å²) in [4.78, 5) is 2.43. The second-order valence-corrected chi connectivity index (χ2v) is 3.00. The van der Waals surface area contributed by atoms with Crippen LogP contribution in [0.5, 0.6) is 0 Å². The second kappa shape index (κ2) is 10.7. The smallest absolute Gasteiger partial charge is 0.0594 e. The maximum atomic E-state index is 5.27. The van der Waals surface area contributed by atoms with Crippen molar-refractivity contribution in [3.63, 3.8) is 0 Å². The fourth-order valence-electron chi connectivity index (χ4n) is 1.36. The van der Waals surface area contributed by atoms with Crippen LogP contribution in [-0.2, 0) is 9.47 Å². The van der Waals surface area contributed by atoms with E-state index in [0.29, 0.717) is 0 Å². The first-order valence-corrected chi connectivity index (χ1v) is 5.31. The monoisotopic (exact) mass is 201 g/mol. The van der Waals surface area contributed by atoms with Crippen molar-refractivity contribution < 1.29 is 9.47 Å². The molecule has 1 aliphatic heterocycles. The lowest BCUT2D eigenvalue weighted by atomic mass is 10.3. The summed E-state index contributed by atoms with van der Waals surface area (Å²) < 4.78 is 10.5. The van der Waals surface area contributed by atoms with E-state index in [4.69, 9.17) is 9.47 Å². The molecule has 0 N–H and O–H groups in total. The van der Waals surface area contributed by atoms with E-state index in [1.54, 1.807) is 0 Å². The lowest BCUT2D eigenvalue weighted by Gasteiger charge is -2.26. The molecule has 1 fully saturated rings. The number of nitrogens with zero attached hydrogens (tertiary/aromatic N) is 1. The molecule has 0 aromatic rings. The van der Waals surface area contributed by atoms with Crippen LogP contribution in [0.2, 0.25) is 0 Å². The van der Waals surface area contributed by atoms with E-state index in [2.05, 4.69) is 18.1 Å². The third kappa shape index (κ3) is 7.06. The molecule has 3 heteroatoms. The van der Waals surface area contributed by atoms with Crippen molar-refractivity contribution in [2.75, 3.05) is 46.1 Å². The van der Waals surface area contributed by atoms with Crippen LogP contribution in [0.1, 0.15) is 13.3 Å². The van der Waals surface area contributed by atoms with Gasteiger partial charge in [-0.1, -0.05) is 0 Å². The number of ether oxygens (including phenoxy) is 2. The lowest BCUT2D eigenvalue weighted by Crippen LogP contribution is -2.37. The van der Waals surface area contributed by atoms with Crippen LogP contribution in [0.25, 0.3) is 0 Å². The minimum atomic E-state index is 0.836. The van der Waals surface area contributed by atoms with Gasteiger partial charge in [-0.15, -0.1) is 13.2 Å². The lowest BCUT2D eigenvalue weighted by molar-refractivity contribution is 0.0325. The summed E-state index contributed by atoms with van der Waals surface area (Å²) in [6.07, 6.45) is 1.15. The third-order valence-corrected chi connectivity index (χ3v) is 2.07. The Kier molecular flexibility index (Phi) is 10.4. The summed E-state index contributed by atoms with van der Waals surface area (Å²) in [6.45, 7) is 14.9. The van der Waals surface area contributed by atoms with E-state index in [9.17, 15) is 0 Å². The van der Waals surface area contributed by atoms with Crippen molar-refractivity contribution in [2.45, 2.75) is 13.3 Å². The van der Waals surface area contributed by atoms with Gasteiger partial charge in [-0.3, -0.25) is 4.90 Å². The Bertz CT molecular complexity index is 114. The van der Waals surface area contributed by atoms with Gasteiger partial charge < -0.3 is 9.47 Å². The molecule has 0 spiro atoms. The van der Waals surface area contributed by atoms with Crippen molar-refractivity contribution in [1.82, 2.24) is 4.90 Å². The molecule has 0 aromatic carbocycles. The third-order valence-electron chi connectivity index (χ3n) is 2.07. The van der Waals surface area contributed by atoms with Crippen LogP contribution in [0.3, 0.4) is 0 Å². The molecule has 1 aliphatic rings. The highest BCUT2D eigenvalue weighted by Crippen LogP contribution is 1.97. The Hall–Kier alpha value is -0.380. The fraction of sp³-hybridized carbons (Fsp3) is 0.818. The van der Waals surface area contributed by atoms with Gasteiger partial charge in [0.15, 0.2) is 0 Å². The molecule has 3 nitrogen and oxygen atoms in total. The topological polar surface area (TPSA) is 21.7 Å². The minimum absolute atomic E-state index is 0.836. The first-order chi connectivity index (χ1) is 6.93. The van der Waals surface area contributed by atoms with Gasteiger partial charge in [-0.25, -0.2) is 0 Å². The van der Waals surface area contributed by atoms with Crippen molar-refractivity contribution in [3.8, 4) is 0 Å². The molecule has 0 aromatic heterocycles. The maximum Gasteiger partial charge on any atom is 0.0594 e. The largest absolute Gasteiger partial charge is 0.382 e. The number of rotatable bonds is 5. The minimum Gasteiger partial charge on any atom is -0.382 e. The van der Waals surface area contributed by atoms with Gasteiger partial charge in [-0.2, -0.15) is 0 Å². The molecule has 0 bridgehead atoms. The Morgan fingerprint density at radius 3 is 2.50 bits per heavy atom. The van der Waals surface area contributed by atoms with E-state index >= 15 is 0 Å². The van der Waals surface area contributed by atoms with Crippen LogP contribution in [0.4, 0.5) is 0 Å². The molecule has 0 atom stereocenters. The van der Waals surface area contributed by atoms with E-state index in [0.717, 1.165) is 52.5 Å². The van der Waals surface area contributed by atoms with Crippen molar-refractivity contribution in [1.29, 1.82) is 0 Å². The number of hydrogen-bond acceptors (Lipinski definition) is 3. The molecule has 84 valence electrons. The summed E-state index contributed by atoms with van der Waals surface area (Å²) >= 11 is 0. The van der Waals surface area contributed by atoms with Crippen LogP contribution in [0.15, 0.2) is 13.2 Å². The van der Waals surface area contributed by atoms with E-state index in [1.807, 2.05) is 6.92 Å². The molecule has 0 saturated carbocycles. The summed E-state index contributed by atoms with van der Waals surface area (Å²) in [5.74, 6) is 0. The van der Waals surface area contributed by atoms with Crippen LogP contribution in [0, 0.1) is 0 Å². The van der Waals surface area contributed by atoms with Crippen molar-refractivity contribution >= 4 is 0 Å². The van der Waals surface area contributed by atoms with Gasteiger partial charge in [0.25, 0.3) is 0 Å². The molecule has 1 rings (SSSR count). The summed E-state index contributed by atoms with van der Waals surface area (Å²) in [6, 6.07) is 0. The Morgan fingerprint density at radius 2 is 1.93 bits per heavy atom. The van der Waals surface area contributed by atoms with Gasteiger partial charge in [0.1, 0.15) is 0 Å². The highest BCUT2D eigenvalue weighted by Gasteiger charge is 2.08. The Morgan fingerprint density at radius 1 is 1.29 bits per heavy atom. The average molecular weight is 201 g/mol. The van der Waals surface area contributed by atoms with Crippen molar-refractivity contribution in [2.24, 2.45) is 0 Å². The first kappa shape index (κ1) is 13.6. The predicted molar refractivity (Wildman–Crippen MR) is 59.6 cm³/mol. The average Bonchev–Trinajstić information content (AvgIpc) is 2.29. The molecule has 1 heterocycles. The predicted octanol–water partition coefficient (Wildman–Crippen LogP) is 1.55. The van der Waals surface area contributed by atoms with E-state index in [-0.39, 0.29) is 0 Å².